The molecule has 0 spiro atoms. The second-order valence-electron chi connectivity index (χ2n) is 4.95. The number of halogens is 1. The molecule has 1 aromatic carbocycles. The predicted octanol–water partition coefficient (Wildman–Crippen LogP) is 3.75. The van der Waals surface area contributed by atoms with Crippen molar-refractivity contribution < 1.29 is 0 Å². The third-order valence-corrected chi connectivity index (χ3v) is 3.49. The van der Waals surface area contributed by atoms with Crippen molar-refractivity contribution >= 4 is 23.4 Å². The second-order valence-corrected chi connectivity index (χ2v) is 5.39. The zero-order chi connectivity index (χ0) is 15.9. The summed E-state index contributed by atoms with van der Waals surface area (Å²) in [5.41, 5.74) is 2.27. The largest absolute Gasteiger partial charge is 0.366 e. The molecule has 23 heavy (non-hydrogen) atoms. The maximum atomic E-state index is 5.88. The monoisotopic (exact) mass is 325 g/mol. The van der Waals surface area contributed by atoms with E-state index in [1.54, 1.807) is 18.6 Å². The molecule has 0 amide bonds. The van der Waals surface area contributed by atoms with Crippen LogP contribution in [-0.4, -0.2) is 15.0 Å². The van der Waals surface area contributed by atoms with Crippen molar-refractivity contribution in [2.24, 2.45) is 0 Å². The lowest BCUT2D eigenvalue weighted by Crippen LogP contribution is -2.06. The Labute approximate surface area is 139 Å². The number of hydrogen-bond donors (Lipinski definition) is 2. The Morgan fingerprint density at radius 2 is 1.48 bits per heavy atom. The van der Waals surface area contributed by atoms with Gasteiger partial charge in [-0.3, -0.25) is 4.98 Å². The van der Waals surface area contributed by atoms with Gasteiger partial charge >= 0.3 is 0 Å². The molecule has 2 aromatic heterocycles. The van der Waals surface area contributed by atoms with E-state index >= 15 is 0 Å². The minimum absolute atomic E-state index is 0.583. The summed E-state index contributed by atoms with van der Waals surface area (Å²) >= 11 is 5.88. The fourth-order valence-corrected chi connectivity index (χ4v) is 2.14. The van der Waals surface area contributed by atoms with Crippen LogP contribution < -0.4 is 10.6 Å². The molecular formula is C17H16ClN5. The van der Waals surface area contributed by atoms with E-state index in [0.29, 0.717) is 19.0 Å². The summed E-state index contributed by atoms with van der Waals surface area (Å²) in [6.45, 7) is 1.33. The maximum Gasteiger partial charge on any atom is 0.224 e. The first-order valence-electron chi connectivity index (χ1n) is 7.24. The van der Waals surface area contributed by atoms with Gasteiger partial charge in [-0.15, -0.1) is 0 Å². The first kappa shape index (κ1) is 15.2. The lowest BCUT2D eigenvalue weighted by Gasteiger charge is -2.08. The third kappa shape index (κ3) is 4.66. The number of nitrogens with one attached hydrogen (secondary N) is 2. The number of nitrogens with zero attached hydrogens (tertiary/aromatic N) is 3. The Hall–Kier alpha value is -2.66. The molecule has 0 fully saturated rings. The van der Waals surface area contributed by atoms with Gasteiger partial charge in [-0.25, -0.2) is 4.98 Å². The summed E-state index contributed by atoms with van der Waals surface area (Å²) in [7, 11) is 0. The van der Waals surface area contributed by atoms with Crippen molar-refractivity contribution in [2.75, 3.05) is 10.6 Å². The lowest BCUT2D eigenvalue weighted by atomic mass is 10.2. The van der Waals surface area contributed by atoms with Crippen LogP contribution in [0.4, 0.5) is 11.8 Å². The molecule has 5 nitrogen and oxygen atoms in total. The highest BCUT2D eigenvalue weighted by atomic mass is 35.5. The second kappa shape index (κ2) is 7.56. The van der Waals surface area contributed by atoms with E-state index in [1.807, 2.05) is 42.5 Å². The van der Waals surface area contributed by atoms with Gasteiger partial charge in [0.15, 0.2) is 0 Å². The molecule has 2 heterocycles. The highest BCUT2D eigenvalue weighted by Crippen LogP contribution is 2.12. The minimum Gasteiger partial charge on any atom is -0.366 e. The summed E-state index contributed by atoms with van der Waals surface area (Å²) in [6.07, 6.45) is 5.28. The van der Waals surface area contributed by atoms with Gasteiger partial charge in [0.25, 0.3) is 0 Å². The van der Waals surface area contributed by atoms with Gasteiger partial charge in [0, 0.05) is 36.7 Å². The van der Waals surface area contributed by atoms with Gasteiger partial charge in [-0.1, -0.05) is 23.7 Å². The Bertz CT molecular complexity index is 746. The Morgan fingerprint density at radius 1 is 0.783 bits per heavy atom. The first-order chi connectivity index (χ1) is 11.3. The Kier molecular flexibility index (Phi) is 5.01. The van der Waals surface area contributed by atoms with Crippen LogP contribution in [0.3, 0.4) is 0 Å². The summed E-state index contributed by atoms with van der Waals surface area (Å²) in [5.74, 6) is 1.36. The van der Waals surface area contributed by atoms with Crippen molar-refractivity contribution in [1.82, 2.24) is 15.0 Å². The summed E-state index contributed by atoms with van der Waals surface area (Å²) in [5, 5.41) is 7.20. The summed E-state index contributed by atoms with van der Waals surface area (Å²) in [6, 6.07) is 13.5. The van der Waals surface area contributed by atoms with Crippen LogP contribution in [0.25, 0.3) is 0 Å². The molecule has 116 valence electrons. The van der Waals surface area contributed by atoms with Crippen LogP contribution in [0.15, 0.2) is 61.1 Å². The molecule has 0 aliphatic heterocycles. The maximum absolute atomic E-state index is 5.88. The number of pyridine rings is 1. The van der Waals surface area contributed by atoms with E-state index in [-0.39, 0.29) is 0 Å². The van der Waals surface area contributed by atoms with Crippen molar-refractivity contribution in [3.8, 4) is 0 Å². The zero-order valence-electron chi connectivity index (χ0n) is 12.4. The van der Waals surface area contributed by atoms with Crippen molar-refractivity contribution in [2.45, 2.75) is 13.1 Å². The molecule has 0 unspecified atom stereocenters. The smallest absolute Gasteiger partial charge is 0.224 e. The SMILES string of the molecule is Clc1ccc(CNc2nccc(NCc3ccncc3)n2)cc1. The van der Waals surface area contributed by atoms with Crippen molar-refractivity contribution in [3.05, 3.63) is 77.2 Å². The zero-order valence-corrected chi connectivity index (χ0v) is 13.2. The van der Waals surface area contributed by atoms with E-state index in [1.165, 1.54) is 0 Å². The minimum atomic E-state index is 0.583. The molecule has 0 radical (unpaired) electrons. The normalized spacial score (nSPS) is 10.3. The quantitative estimate of drug-likeness (QED) is 0.722. The van der Waals surface area contributed by atoms with E-state index < -0.39 is 0 Å². The molecule has 0 aliphatic rings. The molecule has 0 saturated heterocycles. The van der Waals surface area contributed by atoms with Crippen LogP contribution in [-0.2, 0) is 13.1 Å². The van der Waals surface area contributed by atoms with Crippen molar-refractivity contribution in [1.29, 1.82) is 0 Å². The van der Waals surface area contributed by atoms with Crippen LogP contribution >= 0.6 is 11.6 Å². The molecular weight excluding hydrogens is 310 g/mol. The fourth-order valence-electron chi connectivity index (χ4n) is 2.02. The lowest BCUT2D eigenvalue weighted by molar-refractivity contribution is 1.03. The Balaban J connectivity index is 1.57. The van der Waals surface area contributed by atoms with Gasteiger partial charge in [0.05, 0.1) is 0 Å². The number of aromatic nitrogens is 3. The standard InChI is InChI=1S/C17H16ClN5/c18-15-3-1-13(2-4-15)12-22-17-20-10-7-16(23-17)21-11-14-5-8-19-9-6-14/h1-10H,11-12H2,(H2,20,21,22,23). The molecule has 3 aromatic rings. The number of benzene rings is 1. The predicted molar refractivity (Wildman–Crippen MR) is 92.4 cm³/mol. The van der Waals surface area contributed by atoms with Gasteiger partial charge in [-0.2, -0.15) is 4.98 Å². The van der Waals surface area contributed by atoms with Crippen LogP contribution in [0.1, 0.15) is 11.1 Å². The summed E-state index contributed by atoms with van der Waals surface area (Å²) in [4.78, 5) is 12.7. The van der Waals surface area contributed by atoms with Crippen LogP contribution in [0.5, 0.6) is 0 Å². The van der Waals surface area contributed by atoms with Gasteiger partial charge in [0.1, 0.15) is 5.82 Å². The molecule has 2 N–H and O–H groups in total. The van der Waals surface area contributed by atoms with Crippen LogP contribution in [0.2, 0.25) is 5.02 Å². The van der Waals surface area contributed by atoms with Gasteiger partial charge in [-0.05, 0) is 41.5 Å². The fraction of sp³-hybridized carbons (Fsp3) is 0.118. The molecule has 0 atom stereocenters. The first-order valence-corrected chi connectivity index (χ1v) is 7.61. The number of anilines is 2. The molecule has 6 heteroatoms. The Morgan fingerprint density at radius 3 is 2.26 bits per heavy atom. The average Bonchev–Trinajstić information content (AvgIpc) is 2.61. The third-order valence-electron chi connectivity index (χ3n) is 3.24. The molecule has 3 rings (SSSR count). The van der Waals surface area contributed by atoms with E-state index in [2.05, 4.69) is 25.6 Å². The van der Waals surface area contributed by atoms with Gasteiger partial charge < -0.3 is 10.6 Å². The molecule has 0 bridgehead atoms. The van der Waals surface area contributed by atoms with E-state index in [0.717, 1.165) is 22.0 Å². The average molecular weight is 326 g/mol. The van der Waals surface area contributed by atoms with E-state index in [9.17, 15) is 0 Å². The van der Waals surface area contributed by atoms with Gasteiger partial charge in [0.2, 0.25) is 5.95 Å². The molecule has 0 aliphatic carbocycles. The topological polar surface area (TPSA) is 62.7 Å². The molecule has 0 saturated carbocycles. The van der Waals surface area contributed by atoms with E-state index in [4.69, 9.17) is 11.6 Å². The summed E-state index contributed by atoms with van der Waals surface area (Å²) < 4.78 is 0. The number of hydrogen-bond acceptors (Lipinski definition) is 5. The number of rotatable bonds is 6. The van der Waals surface area contributed by atoms with Crippen molar-refractivity contribution in [3.63, 3.8) is 0 Å². The van der Waals surface area contributed by atoms with Crippen LogP contribution in [0, 0.1) is 0 Å². The highest BCUT2D eigenvalue weighted by molar-refractivity contribution is 6.30. The highest BCUT2D eigenvalue weighted by Gasteiger charge is 2.00.